The summed E-state index contributed by atoms with van der Waals surface area (Å²) in [6, 6.07) is 14.9. The third-order valence-corrected chi connectivity index (χ3v) is 4.90. The van der Waals surface area contributed by atoms with Gasteiger partial charge in [0.2, 0.25) is 11.0 Å². The fourth-order valence-electron chi connectivity index (χ4n) is 2.18. The highest BCUT2D eigenvalue weighted by atomic mass is 79.9. The molecule has 0 amide bonds. The zero-order valence-electron chi connectivity index (χ0n) is 11.6. The van der Waals surface area contributed by atoms with Gasteiger partial charge in [-0.3, -0.25) is 0 Å². The van der Waals surface area contributed by atoms with Gasteiger partial charge in [-0.15, -0.1) is 0 Å². The van der Waals surface area contributed by atoms with Gasteiger partial charge in [-0.1, -0.05) is 51.5 Å². The van der Waals surface area contributed by atoms with Crippen molar-refractivity contribution in [1.29, 1.82) is 0 Å². The molecule has 2 nitrogen and oxygen atoms in total. The van der Waals surface area contributed by atoms with Gasteiger partial charge in [0.1, 0.15) is 10.4 Å². The van der Waals surface area contributed by atoms with E-state index >= 15 is 0 Å². The van der Waals surface area contributed by atoms with Crippen molar-refractivity contribution in [1.82, 2.24) is 0 Å². The number of hydrogen-bond donors (Lipinski definition) is 0. The fraction of sp³-hybridized carbons (Fsp3) is 0.188. The van der Waals surface area contributed by atoms with Crippen LogP contribution < -0.4 is 26.3 Å². The predicted molar refractivity (Wildman–Crippen MR) is 86.7 cm³/mol. The van der Waals surface area contributed by atoms with E-state index in [0.29, 0.717) is 0 Å². The highest BCUT2D eigenvalue weighted by Gasteiger charge is 2.13. The summed E-state index contributed by atoms with van der Waals surface area (Å²) in [4.78, 5) is 0. The number of halogens is 2. The molecular weight excluding hydrogens is 414 g/mol. The lowest BCUT2D eigenvalue weighted by Gasteiger charge is -2.00. The number of fused-ring (bicyclic) bond motifs is 1. The summed E-state index contributed by atoms with van der Waals surface area (Å²) in [6.45, 7) is 0.898. The van der Waals surface area contributed by atoms with Crippen LogP contribution in [0.4, 0.5) is 0 Å². The lowest BCUT2D eigenvalue weighted by Crippen LogP contribution is -3.00. The molecule has 0 saturated heterocycles. The molecule has 1 aromatic heterocycles. The first-order chi connectivity index (χ1) is 9.80. The summed E-state index contributed by atoms with van der Waals surface area (Å²) < 4.78 is 8.80. The number of aromatic nitrogens is 1. The SMILES string of the molecule is COc1ccc2c(c1)sc[n+]2Cc1ccc(CBr)cc1.[Br-]. The topological polar surface area (TPSA) is 13.1 Å². The third-order valence-electron chi connectivity index (χ3n) is 3.31. The Hall–Kier alpha value is -0.910. The van der Waals surface area contributed by atoms with Gasteiger partial charge in [0.05, 0.1) is 7.11 Å². The first kappa shape index (κ1) is 16.5. The number of benzene rings is 2. The summed E-state index contributed by atoms with van der Waals surface area (Å²) >= 11 is 5.22. The van der Waals surface area contributed by atoms with Crippen LogP contribution in [-0.4, -0.2) is 7.11 Å². The molecule has 0 radical (unpaired) electrons. The van der Waals surface area contributed by atoms with E-state index in [9.17, 15) is 0 Å². The number of nitrogens with zero attached hydrogens (tertiary/aromatic N) is 1. The number of thiazole rings is 1. The predicted octanol–water partition coefficient (Wildman–Crippen LogP) is 1.14. The van der Waals surface area contributed by atoms with Crippen LogP contribution in [0.3, 0.4) is 0 Å². The second-order valence-corrected chi connectivity index (χ2v) is 6.08. The van der Waals surface area contributed by atoms with E-state index in [0.717, 1.165) is 17.6 Å². The van der Waals surface area contributed by atoms with Crippen molar-refractivity contribution in [3.8, 4) is 5.75 Å². The minimum Gasteiger partial charge on any atom is -1.00 e. The minimum absolute atomic E-state index is 0. The fourth-order valence-corrected chi connectivity index (χ4v) is 3.48. The molecule has 0 atom stereocenters. The molecule has 0 bridgehead atoms. The normalized spacial score (nSPS) is 10.4. The third kappa shape index (κ3) is 3.65. The Labute approximate surface area is 147 Å². The van der Waals surface area contributed by atoms with Crippen LogP contribution in [0.5, 0.6) is 5.75 Å². The molecule has 0 aliphatic carbocycles. The Balaban J connectivity index is 0.00000161. The van der Waals surface area contributed by atoms with Gasteiger partial charge in [-0.2, -0.15) is 4.57 Å². The smallest absolute Gasteiger partial charge is 0.226 e. The van der Waals surface area contributed by atoms with Crippen LogP contribution in [0, 0.1) is 0 Å². The molecular formula is C16H15Br2NOS. The Morgan fingerprint density at radius 1 is 1.10 bits per heavy atom. The maximum atomic E-state index is 5.27. The Morgan fingerprint density at radius 2 is 1.81 bits per heavy atom. The number of alkyl halides is 1. The van der Waals surface area contributed by atoms with Crippen molar-refractivity contribution in [2.45, 2.75) is 11.9 Å². The van der Waals surface area contributed by atoms with Gasteiger partial charge in [-0.05, 0) is 11.6 Å². The van der Waals surface area contributed by atoms with Crippen molar-refractivity contribution in [3.05, 3.63) is 59.1 Å². The quantitative estimate of drug-likeness (QED) is 0.448. The molecule has 0 unspecified atom stereocenters. The van der Waals surface area contributed by atoms with Gasteiger partial charge in [0, 0.05) is 23.0 Å². The maximum Gasteiger partial charge on any atom is 0.226 e. The van der Waals surface area contributed by atoms with Crippen molar-refractivity contribution < 1.29 is 26.3 Å². The monoisotopic (exact) mass is 427 g/mol. The van der Waals surface area contributed by atoms with Crippen molar-refractivity contribution in [2.75, 3.05) is 7.11 Å². The molecule has 21 heavy (non-hydrogen) atoms. The molecule has 3 rings (SSSR count). The van der Waals surface area contributed by atoms with E-state index in [2.05, 4.69) is 62.4 Å². The van der Waals surface area contributed by atoms with E-state index in [-0.39, 0.29) is 17.0 Å². The van der Waals surface area contributed by atoms with E-state index < -0.39 is 0 Å². The average molecular weight is 429 g/mol. The summed E-state index contributed by atoms with van der Waals surface area (Å²) in [5.74, 6) is 0.910. The largest absolute Gasteiger partial charge is 1.00 e. The van der Waals surface area contributed by atoms with Crippen LogP contribution in [0.2, 0.25) is 0 Å². The number of rotatable bonds is 4. The standard InChI is InChI=1S/C16H15BrNOS.BrH/c1-19-14-6-7-15-16(8-14)20-11-18(15)10-13-4-2-12(9-17)3-5-13;/h2-8,11H,9-10H2,1H3;1H/q+1;/p-1. The summed E-state index contributed by atoms with van der Waals surface area (Å²) in [5, 5.41) is 0.904. The first-order valence-electron chi connectivity index (χ1n) is 6.38. The highest BCUT2D eigenvalue weighted by molar-refractivity contribution is 9.08. The zero-order valence-corrected chi connectivity index (χ0v) is 15.5. The summed E-state index contributed by atoms with van der Waals surface area (Å²) in [5.41, 5.74) is 6.04. The lowest BCUT2D eigenvalue weighted by atomic mass is 10.1. The maximum absolute atomic E-state index is 5.27. The second kappa shape index (κ2) is 7.38. The van der Waals surface area contributed by atoms with Crippen molar-refractivity contribution in [2.24, 2.45) is 0 Å². The molecule has 3 aromatic rings. The average Bonchev–Trinajstić information content (AvgIpc) is 2.90. The summed E-state index contributed by atoms with van der Waals surface area (Å²) in [6.07, 6.45) is 0. The van der Waals surface area contributed by atoms with Crippen LogP contribution in [-0.2, 0) is 11.9 Å². The molecule has 1 heterocycles. The molecule has 5 heteroatoms. The molecule has 0 spiro atoms. The van der Waals surface area contributed by atoms with Gasteiger partial charge in [-0.25, -0.2) is 0 Å². The van der Waals surface area contributed by atoms with E-state index in [4.69, 9.17) is 4.74 Å². The zero-order chi connectivity index (χ0) is 13.9. The van der Waals surface area contributed by atoms with Crippen molar-refractivity contribution in [3.63, 3.8) is 0 Å². The molecule has 0 aliphatic heterocycles. The van der Waals surface area contributed by atoms with Gasteiger partial charge in [0.25, 0.3) is 0 Å². The number of ether oxygens (including phenoxy) is 1. The second-order valence-electron chi connectivity index (χ2n) is 4.63. The van der Waals surface area contributed by atoms with E-state index in [1.807, 2.05) is 6.07 Å². The van der Waals surface area contributed by atoms with Gasteiger partial charge >= 0.3 is 0 Å². The molecule has 110 valence electrons. The summed E-state index contributed by atoms with van der Waals surface area (Å²) in [7, 11) is 1.70. The Bertz CT molecular complexity index is 725. The first-order valence-corrected chi connectivity index (χ1v) is 8.39. The van der Waals surface area contributed by atoms with Gasteiger partial charge in [0.15, 0.2) is 6.54 Å². The molecule has 2 aromatic carbocycles. The molecule has 0 fully saturated rings. The van der Waals surface area contributed by atoms with Crippen LogP contribution in [0.15, 0.2) is 48.0 Å². The molecule has 0 saturated carbocycles. The van der Waals surface area contributed by atoms with E-state index in [1.165, 1.54) is 21.3 Å². The van der Waals surface area contributed by atoms with Crippen LogP contribution in [0.25, 0.3) is 10.2 Å². The lowest BCUT2D eigenvalue weighted by molar-refractivity contribution is -0.658. The Kier molecular flexibility index (Phi) is 5.79. The molecule has 0 N–H and O–H groups in total. The minimum atomic E-state index is 0. The van der Waals surface area contributed by atoms with Crippen LogP contribution in [0.1, 0.15) is 11.1 Å². The van der Waals surface area contributed by atoms with Crippen molar-refractivity contribution >= 4 is 37.5 Å². The van der Waals surface area contributed by atoms with Gasteiger partial charge < -0.3 is 21.7 Å². The highest BCUT2D eigenvalue weighted by Crippen LogP contribution is 2.22. The van der Waals surface area contributed by atoms with Crippen LogP contribution >= 0.6 is 27.3 Å². The Morgan fingerprint density at radius 3 is 2.48 bits per heavy atom. The number of methoxy groups -OCH3 is 1. The number of hydrogen-bond acceptors (Lipinski definition) is 2. The van der Waals surface area contributed by atoms with E-state index in [1.54, 1.807) is 18.4 Å². The molecule has 0 aliphatic rings.